The van der Waals surface area contributed by atoms with E-state index in [1.165, 1.54) is 0 Å². The molecule has 0 N–H and O–H groups in total. The Kier molecular flexibility index (Phi) is 4.11. The Morgan fingerprint density at radius 1 is 1.32 bits per heavy atom. The predicted molar refractivity (Wildman–Crippen MR) is 89.3 cm³/mol. The van der Waals surface area contributed by atoms with Crippen molar-refractivity contribution in [3.05, 3.63) is 45.7 Å². The summed E-state index contributed by atoms with van der Waals surface area (Å²) < 4.78 is 6.96. The SMILES string of the molecule is COc1ccc(Cc2c(N(C)C)nc3n(c2=O)CCS3)cc1. The van der Waals surface area contributed by atoms with E-state index in [9.17, 15) is 4.79 Å². The summed E-state index contributed by atoms with van der Waals surface area (Å²) in [5.74, 6) is 2.50. The van der Waals surface area contributed by atoms with Crippen LogP contribution in [0, 0.1) is 0 Å². The lowest BCUT2D eigenvalue weighted by Gasteiger charge is -2.17. The topological polar surface area (TPSA) is 47.4 Å². The number of thioether (sulfide) groups is 1. The number of aromatic nitrogens is 2. The molecule has 0 saturated carbocycles. The fourth-order valence-corrected chi connectivity index (χ4v) is 3.51. The standard InChI is InChI=1S/C16H19N3O2S/c1-18(2)14-13(10-11-4-6-12(21-3)7-5-11)15(20)19-8-9-22-16(19)17-14/h4-7H,8-10H2,1-3H3. The third-order valence-corrected chi connectivity index (χ3v) is 4.67. The quantitative estimate of drug-likeness (QED) is 0.807. The number of hydrogen-bond acceptors (Lipinski definition) is 5. The Balaban J connectivity index is 2.03. The summed E-state index contributed by atoms with van der Waals surface area (Å²) in [7, 11) is 5.50. The summed E-state index contributed by atoms with van der Waals surface area (Å²) in [6.45, 7) is 0.745. The molecule has 2 aromatic rings. The number of hydrogen-bond donors (Lipinski definition) is 0. The van der Waals surface area contributed by atoms with Crippen molar-refractivity contribution >= 4 is 17.6 Å². The van der Waals surface area contributed by atoms with Crippen LogP contribution in [0.25, 0.3) is 0 Å². The van der Waals surface area contributed by atoms with Crippen LogP contribution in [0.4, 0.5) is 5.82 Å². The van der Waals surface area contributed by atoms with Gasteiger partial charge in [-0.05, 0) is 17.7 Å². The third-order valence-electron chi connectivity index (χ3n) is 3.72. The first-order valence-electron chi connectivity index (χ1n) is 7.17. The molecule has 1 aromatic heterocycles. The van der Waals surface area contributed by atoms with Gasteiger partial charge in [-0.2, -0.15) is 0 Å². The van der Waals surface area contributed by atoms with Gasteiger partial charge in [0, 0.05) is 32.8 Å². The molecule has 116 valence electrons. The lowest BCUT2D eigenvalue weighted by atomic mass is 10.1. The molecule has 0 saturated heterocycles. The first kappa shape index (κ1) is 15.0. The smallest absolute Gasteiger partial charge is 0.259 e. The van der Waals surface area contributed by atoms with Crippen LogP contribution in [0.15, 0.2) is 34.2 Å². The molecular formula is C16H19N3O2S. The van der Waals surface area contributed by atoms with Crippen LogP contribution in [0.5, 0.6) is 5.75 Å². The molecule has 2 heterocycles. The second kappa shape index (κ2) is 6.04. The molecule has 1 aliphatic heterocycles. The van der Waals surface area contributed by atoms with E-state index in [1.807, 2.05) is 43.3 Å². The van der Waals surface area contributed by atoms with Crippen LogP contribution in [-0.4, -0.2) is 36.5 Å². The molecule has 3 rings (SSSR count). The van der Waals surface area contributed by atoms with Crippen LogP contribution in [0.3, 0.4) is 0 Å². The van der Waals surface area contributed by atoms with E-state index < -0.39 is 0 Å². The first-order valence-corrected chi connectivity index (χ1v) is 8.15. The minimum Gasteiger partial charge on any atom is -0.497 e. The zero-order valence-electron chi connectivity index (χ0n) is 13.0. The second-order valence-electron chi connectivity index (χ2n) is 5.42. The van der Waals surface area contributed by atoms with Crippen molar-refractivity contribution < 1.29 is 4.74 Å². The Morgan fingerprint density at radius 3 is 2.68 bits per heavy atom. The molecule has 0 radical (unpaired) electrons. The molecule has 0 atom stereocenters. The maximum absolute atomic E-state index is 12.8. The van der Waals surface area contributed by atoms with Crippen molar-refractivity contribution in [1.82, 2.24) is 9.55 Å². The summed E-state index contributed by atoms with van der Waals surface area (Å²) in [6, 6.07) is 7.81. The van der Waals surface area contributed by atoms with Gasteiger partial charge in [0.1, 0.15) is 11.6 Å². The molecule has 0 fully saturated rings. The lowest BCUT2D eigenvalue weighted by Crippen LogP contribution is -2.28. The van der Waals surface area contributed by atoms with E-state index in [2.05, 4.69) is 4.98 Å². The minimum absolute atomic E-state index is 0.0783. The Bertz CT molecular complexity index is 738. The highest BCUT2D eigenvalue weighted by molar-refractivity contribution is 7.99. The van der Waals surface area contributed by atoms with E-state index in [0.717, 1.165) is 40.1 Å². The van der Waals surface area contributed by atoms with Crippen molar-refractivity contribution in [1.29, 1.82) is 0 Å². The molecule has 0 unspecified atom stereocenters. The van der Waals surface area contributed by atoms with Gasteiger partial charge >= 0.3 is 0 Å². The number of fused-ring (bicyclic) bond motifs is 1. The fourth-order valence-electron chi connectivity index (χ4n) is 2.57. The molecule has 0 amide bonds. The maximum atomic E-state index is 12.8. The summed E-state index contributed by atoms with van der Waals surface area (Å²) in [5, 5.41) is 0.826. The zero-order chi connectivity index (χ0) is 15.7. The Hall–Kier alpha value is -1.95. The lowest BCUT2D eigenvalue weighted by molar-refractivity contribution is 0.414. The molecule has 0 aliphatic carbocycles. The number of methoxy groups -OCH3 is 1. The zero-order valence-corrected chi connectivity index (χ0v) is 13.8. The first-order chi connectivity index (χ1) is 10.6. The highest BCUT2D eigenvalue weighted by Crippen LogP contribution is 2.26. The van der Waals surface area contributed by atoms with Gasteiger partial charge in [-0.1, -0.05) is 23.9 Å². The van der Waals surface area contributed by atoms with Crippen LogP contribution in [0.2, 0.25) is 0 Å². The molecule has 0 bridgehead atoms. The van der Waals surface area contributed by atoms with E-state index in [4.69, 9.17) is 4.74 Å². The molecule has 22 heavy (non-hydrogen) atoms. The average molecular weight is 317 g/mol. The summed E-state index contributed by atoms with van der Waals surface area (Å²) >= 11 is 1.64. The molecule has 0 spiro atoms. The van der Waals surface area contributed by atoms with Gasteiger partial charge in [0.2, 0.25) is 0 Å². The number of ether oxygens (including phenoxy) is 1. The molecule has 6 heteroatoms. The van der Waals surface area contributed by atoms with Gasteiger partial charge in [-0.15, -0.1) is 0 Å². The number of anilines is 1. The Labute approximate surface area is 133 Å². The summed E-state index contributed by atoms with van der Waals surface area (Å²) in [6.07, 6.45) is 0.578. The summed E-state index contributed by atoms with van der Waals surface area (Å²) in [5.41, 5.74) is 1.91. The van der Waals surface area contributed by atoms with Crippen molar-refractivity contribution in [3.63, 3.8) is 0 Å². The van der Waals surface area contributed by atoms with Crippen molar-refractivity contribution in [2.75, 3.05) is 31.9 Å². The van der Waals surface area contributed by atoms with Gasteiger partial charge in [-0.25, -0.2) is 4.98 Å². The monoisotopic (exact) mass is 317 g/mol. The van der Waals surface area contributed by atoms with E-state index in [1.54, 1.807) is 23.4 Å². The van der Waals surface area contributed by atoms with Crippen molar-refractivity contribution in [2.45, 2.75) is 18.1 Å². The van der Waals surface area contributed by atoms with Crippen molar-refractivity contribution in [3.8, 4) is 5.75 Å². The maximum Gasteiger partial charge on any atom is 0.259 e. The van der Waals surface area contributed by atoms with Gasteiger partial charge < -0.3 is 9.64 Å². The number of benzene rings is 1. The highest BCUT2D eigenvalue weighted by atomic mass is 32.2. The normalized spacial score (nSPS) is 13.0. The predicted octanol–water partition coefficient (Wildman–Crippen LogP) is 2.01. The van der Waals surface area contributed by atoms with Gasteiger partial charge in [0.05, 0.1) is 12.7 Å². The van der Waals surface area contributed by atoms with Crippen LogP contribution < -0.4 is 15.2 Å². The number of nitrogens with zero attached hydrogens (tertiary/aromatic N) is 3. The van der Waals surface area contributed by atoms with Crippen LogP contribution in [0.1, 0.15) is 11.1 Å². The summed E-state index contributed by atoms with van der Waals surface area (Å²) in [4.78, 5) is 19.4. The largest absolute Gasteiger partial charge is 0.497 e. The van der Waals surface area contributed by atoms with Gasteiger partial charge in [0.25, 0.3) is 5.56 Å². The Morgan fingerprint density at radius 2 is 2.05 bits per heavy atom. The highest BCUT2D eigenvalue weighted by Gasteiger charge is 2.21. The van der Waals surface area contributed by atoms with Gasteiger partial charge in [0.15, 0.2) is 5.16 Å². The third kappa shape index (κ3) is 2.70. The fraction of sp³-hybridized carbons (Fsp3) is 0.375. The molecular weight excluding hydrogens is 298 g/mol. The number of rotatable bonds is 4. The van der Waals surface area contributed by atoms with Crippen LogP contribution in [-0.2, 0) is 13.0 Å². The second-order valence-corrected chi connectivity index (χ2v) is 6.48. The minimum atomic E-state index is 0.0783. The molecule has 5 nitrogen and oxygen atoms in total. The van der Waals surface area contributed by atoms with Crippen LogP contribution >= 0.6 is 11.8 Å². The molecule has 1 aromatic carbocycles. The van der Waals surface area contributed by atoms with Gasteiger partial charge in [-0.3, -0.25) is 9.36 Å². The average Bonchev–Trinajstić information content (AvgIpc) is 2.99. The van der Waals surface area contributed by atoms with Crippen molar-refractivity contribution in [2.24, 2.45) is 0 Å². The van der Waals surface area contributed by atoms with E-state index >= 15 is 0 Å². The molecule has 1 aliphatic rings. The van der Waals surface area contributed by atoms with E-state index in [0.29, 0.717) is 6.42 Å². The van der Waals surface area contributed by atoms with E-state index in [-0.39, 0.29) is 5.56 Å².